The average molecular weight is 175 g/mol. The number of hydrogen-bond donors (Lipinski definition) is 0. The van der Waals surface area contributed by atoms with Crippen LogP contribution in [0, 0.1) is 0 Å². The smallest absolute Gasteiger partial charge is 0.337 e. The fraction of sp³-hybridized carbons (Fsp3) is 0.200. The SMILES string of the molecule is CCc1ccc2ccc(=O)oc2n1. The van der Waals surface area contributed by atoms with Crippen molar-refractivity contribution in [3.8, 4) is 0 Å². The van der Waals surface area contributed by atoms with Crippen molar-refractivity contribution in [2.45, 2.75) is 13.3 Å². The standard InChI is InChI=1S/C10H9NO2/c1-2-8-5-3-7-4-6-9(12)13-10(7)11-8/h3-6H,2H2,1H3. The lowest BCUT2D eigenvalue weighted by Gasteiger charge is -1.97. The van der Waals surface area contributed by atoms with Crippen molar-refractivity contribution < 1.29 is 4.42 Å². The second-order valence-electron chi connectivity index (χ2n) is 2.80. The van der Waals surface area contributed by atoms with Gasteiger partial charge >= 0.3 is 5.63 Å². The summed E-state index contributed by atoms with van der Waals surface area (Å²) < 4.78 is 4.94. The van der Waals surface area contributed by atoms with Gasteiger partial charge in [0.1, 0.15) is 0 Å². The highest BCUT2D eigenvalue weighted by molar-refractivity contribution is 5.72. The molecule has 0 amide bonds. The molecule has 0 aliphatic heterocycles. The van der Waals surface area contributed by atoms with E-state index < -0.39 is 0 Å². The molecule has 13 heavy (non-hydrogen) atoms. The van der Waals surface area contributed by atoms with E-state index in [-0.39, 0.29) is 5.63 Å². The highest BCUT2D eigenvalue weighted by Gasteiger charge is 1.98. The predicted molar refractivity (Wildman–Crippen MR) is 49.7 cm³/mol. The zero-order chi connectivity index (χ0) is 9.26. The zero-order valence-corrected chi connectivity index (χ0v) is 7.28. The van der Waals surface area contributed by atoms with Crippen LogP contribution in [0.4, 0.5) is 0 Å². The van der Waals surface area contributed by atoms with Gasteiger partial charge in [-0.3, -0.25) is 0 Å². The van der Waals surface area contributed by atoms with E-state index >= 15 is 0 Å². The summed E-state index contributed by atoms with van der Waals surface area (Å²) >= 11 is 0. The maximum atomic E-state index is 10.9. The largest absolute Gasteiger partial charge is 0.404 e. The molecule has 3 heteroatoms. The maximum absolute atomic E-state index is 10.9. The molecule has 0 saturated carbocycles. The Bertz CT molecular complexity index is 487. The Hall–Kier alpha value is -1.64. The lowest BCUT2D eigenvalue weighted by molar-refractivity contribution is 0.548. The molecule has 0 saturated heterocycles. The van der Waals surface area contributed by atoms with Gasteiger partial charge in [0, 0.05) is 17.1 Å². The van der Waals surface area contributed by atoms with E-state index in [0.717, 1.165) is 17.5 Å². The first kappa shape index (κ1) is 7.98. The zero-order valence-electron chi connectivity index (χ0n) is 7.28. The van der Waals surface area contributed by atoms with Gasteiger partial charge in [0.15, 0.2) is 0 Å². The number of pyridine rings is 1. The molecule has 66 valence electrons. The molecule has 0 spiro atoms. The Kier molecular flexibility index (Phi) is 1.85. The summed E-state index contributed by atoms with van der Waals surface area (Å²) in [5.41, 5.74) is 1.00. The Morgan fingerprint density at radius 3 is 2.85 bits per heavy atom. The first-order chi connectivity index (χ1) is 6.29. The molecule has 2 aromatic rings. The molecule has 2 aromatic heterocycles. The minimum Gasteiger partial charge on any atom is -0.404 e. The van der Waals surface area contributed by atoms with Crippen LogP contribution < -0.4 is 5.63 Å². The van der Waals surface area contributed by atoms with Crippen LogP contribution in [-0.2, 0) is 6.42 Å². The van der Waals surface area contributed by atoms with E-state index in [9.17, 15) is 4.79 Å². The molecule has 0 bridgehead atoms. The van der Waals surface area contributed by atoms with E-state index in [2.05, 4.69) is 4.98 Å². The van der Waals surface area contributed by atoms with Crippen LogP contribution in [0.3, 0.4) is 0 Å². The van der Waals surface area contributed by atoms with Crippen LogP contribution in [-0.4, -0.2) is 4.98 Å². The second-order valence-corrected chi connectivity index (χ2v) is 2.80. The van der Waals surface area contributed by atoms with Crippen LogP contribution in [0.5, 0.6) is 0 Å². The molecule has 0 aromatic carbocycles. The molecule has 0 aliphatic carbocycles. The number of rotatable bonds is 1. The van der Waals surface area contributed by atoms with Crippen molar-refractivity contribution in [1.29, 1.82) is 0 Å². The van der Waals surface area contributed by atoms with Crippen LogP contribution in [0.15, 0.2) is 33.5 Å². The van der Waals surface area contributed by atoms with Gasteiger partial charge in [-0.1, -0.05) is 6.92 Å². The minimum absolute atomic E-state index is 0.353. The van der Waals surface area contributed by atoms with Crippen molar-refractivity contribution in [1.82, 2.24) is 4.98 Å². The van der Waals surface area contributed by atoms with Gasteiger partial charge in [0.25, 0.3) is 0 Å². The molecule has 0 N–H and O–H groups in total. The van der Waals surface area contributed by atoms with Crippen molar-refractivity contribution in [2.75, 3.05) is 0 Å². The van der Waals surface area contributed by atoms with Gasteiger partial charge < -0.3 is 4.42 Å². The topological polar surface area (TPSA) is 43.1 Å². The number of nitrogens with zero attached hydrogens (tertiary/aromatic N) is 1. The van der Waals surface area contributed by atoms with Gasteiger partial charge in [0.05, 0.1) is 0 Å². The van der Waals surface area contributed by atoms with Crippen LogP contribution >= 0.6 is 0 Å². The highest BCUT2D eigenvalue weighted by atomic mass is 16.4. The lowest BCUT2D eigenvalue weighted by atomic mass is 10.2. The molecule has 0 radical (unpaired) electrons. The Morgan fingerprint density at radius 1 is 1.31 bits per heavy atom. The normalized spacial score (nSPS) is 10.5. The van der Waals surface area contributed by atoms with Crippen molar-refractivity contribution in [3.05, 3.63) is 40.4 Å². The summed E-state index contributed by atoms with van der Waals surface area (Å²) in [7, 11) is 0. The molecular formula is C10H9NO2. The van der Waals surface area contributed by atoms with Gasteiger partial charge in [-0.25, -0.2) is 9.78 Å². The molecule has 0 atom stereocenters. The van der Waals surface area contributed by atoms with Crippen LogP contribution in [0.1, 0.15) is 12.6 Å². The summed E-state index contributed by atoms with van der Waals surface area (Å²) in [4.78, 5) is 15.1. The van der Waals surface area contributed by atoms with E-state index in [4.69, 9.17) is 4.42 Å². The minimum atomic E-state index is -0.353. The number of hydrogen-bond acceptors (Lipinski definition) is 3. The molecule has 2 heterocycles. The summed E-state index contributed by atoms with van der Waals surface area (Å²) in [5, 5.41) is 0.858. The number of fused-ring (bicyclic) bond motifs is 1. The van der Waals surface area contributed by atoms with Crippen molar-refractivity contribution in [2.24, 2.45) is 0 Å². The summed E-state index contributed by atoms with van der Waals surface area (Å²) in [5.74, 6) is 0. The van der Waals surface area contributed by atoms with Crippen molar-refractivity contribution >= 4 is 11.1 Å². The second kappa shape index (κ2) is 3.01. The number of aromatic nitrogens is 1. The molecule has 0 fully saturated rings. The fourth-order valence-corrected chi connectivity index (χ4v) is 1.18. The first-order valence-electron chi connectivity index (χ1n) is 4.19. The van der Waals surface area contributed by atoms with E-state index in [1.807, 2.05) is 19.1 Å². The Balaban J connectivity index is 2.75. The summed E-state index contributed by atoms with van der Waals surface area (Å²) in [6, 6.07) is 6.95. The monoisotopic (exact) mass is 175 g/mol. The summed E-state index contributed by atoms with van der Waals surface area (Å²) in [6.45, 7) is 2.01. The van der Waals surface area contributed by atoms with Gasteiger partial charge in [0.2, 0.25) is 5.71 Å². The molecular weight excluding hydrogens is 166 g/mol. The molecule has 2 rings (SSSR count). The third kappa shape index (κ3) is 1.45. The number of aryl methyl sites for hydroxylation is 1. The first-order valence-corrected chi connectivity index (χ1v) is 4.19. The molecule has 0 aliphatic rings. The third-order valence-corrected chi connectivity index (χ3v) is 1.91. The molecule has 3 nitrogen and oxygen atoms in total. The van der Waals surface area contributed by atoms with Gasteiger partial charge in [-0.05, 0) is 24.6 Å². The predicted octanol–water partition coefficient (Wildman–Crippen LogP) is 1.75. The third-order valence-electron chi connectivity index (χ3n) is 1.91. The maximum Gasteiger partial charge on any atom is 0.337 e. The van der Waals surface area contributed by atoms with Gasteiger partial charge in [-0.2, -0.15) is 0 Å². The van der Waals surface area contributed by atoms with Crippen LogP contribution in [0.2, 0.25) is 0 Å². The molecule has 0 unspecified atom stereocenters. The van der Waals surface area contributed by atoms with Crippen LogP contribution in [0.25, 0.3) is 11.1 Å². The van der Waals surface area contributed by atoms with Crippen molar-refractivity contribution in [3.63, 3.8) is 0 Å². The Morgan fingerprint density at radius 2 is 2.08 bits per heavy atom. The Labute approximate surface area is 75.0 Å². The van der Waals surface area contributed by atoms with E-state index in [0.29, 0.717) is 5.71 Å². The quantitative estimate of drug-likeness (QED) is 0.663. The highest BCUT2D eigenvalue weighted by Crippen LogP contribution is 2.09. The average Bonchev–Trinajstić information content (AvgIpc) is 2.16. The summed E-state index contributed by atoms with van der Waals surface area (Å²) in [6.07, 6.45) is 0.842. The van der Waals surface area contributed by atoms with E-state index in [1.165, 1.54) is 6.07 Å². The van der Waals surface area contributed by atoms with E-state index in [1.54, 1.807) is 6.07 Å². The lowest BCUT2D eigenvalue weighted by Crippen LogP contribution is -1.97. The van der Waals surface area contributed by atoms with Gasteiger partial charge in [-0.15, -0.1) is 0 Å². The fourth-order valence-electron chi connectivity index (χ4n) is 1.18.